The molecule has 2 heteroatoms. The lowest BCUT2D eigenvalue weighted by Gasteiger charge is -2.10. The molecule has 0 aliphatic carbocycles. The fourth-order valence-electron chi connectivity index (χ4n) is 1.10. The maximum Gasteiger partial charge on any atom is 0.417 e. The Morgan fingerprint density at radius 2 is 2.00 bits per heavy atom. The lowest BCUT2D eigenvalue weighted by molar-refractivity contribution is 0.179. The SMILES string of the molecule is CCC(C)CCCC(C)O[C]=O. The van der Waals surface area contributed by atoms with Crippen molar-refractivity contribution < 1.29 is 9.53 Å². The van der Waals surface area contributed by atoms with Crippen molar-refractivity contribution in [2.75, 3.05) is 0 Å². The fraction of sp³-hybridized carbons (Fsp3) is 0.900. The second-order valence-corrected chi connectivity index (χ2v) is 3.46. The molecule has 0 N–H and O–H groups in total. The molecule has 0 spiro atoms. The lowest BCUT2D eigenvalue weighted by Crippen LogP contribution is -2.07. The summed E-state index contributed by atoms with van der Waals surface area (Å²) >= 11 is 0. The molecular formula is C10H19O2. The molecule has 12 heavy (non-hydrogen) atoms. The van der Waals surface area contributed by atoms with E-state index >= 15 is 0 Å². The largest absolute Gasteiger partial charge is 0.454 e. The number of hydrogen-bond donors (Lipinski definition) is 0. The van der Waals surface area contributed by atoms with Crippen LogP contribution in [0, 0.1) is 5.92 Å². The van der Waals surface area contributed by atoms with Crippen LogP contribution in [0.5, 0.6) is 0 Å². The Hall–Kier alpha value is -0.530. The normalized spacial score (nSPS) is 15.2. The molecule has 0 bridgehead atoms. The zero-order valence-electron chi connectivity index (χ0n) is 8.30. The monoisotopic (exact) mass is 171 g/mol. The first-order valence-electron chi connectivity index (χ1n) is 4.73. The average molecular weight is 171 g/mol. The highest BCUT2D eigenvalue weighted by molar-refractivity contribution is 5.38. The highest BCUT2D eigenvalue weighted by Crippen LogP contribution is 2.12. The first kappa shape index (κ1) is 11.5. The minimum atomic E-state index is 0.0338. The van der Waals surface area contributed by atoms with Crippen LogP contribution in [0.2, 0.25) is 0 Å². The third-order valence-electron chi connectivity index (χ3n) is 2.25. The third kappa shape index (κ3) is 6.20. The molecule has 2 nitrogen and oxygen atoms in total. The average Bonchev–Trinajstić information content (AvgIpc) is 2.04. The minimum absolute atomic E-state index is 0.0338. The summed E-state index contributed by atoms with van der Waals surface area (Å²) in [4.78, 5) is 9.82. The Morgan fingerprint density at radius 1 is 1.33 bits per heavy atom. The van der Waals surface area contributed by atoms with Crippen molar-refractivity contribution >= 4 is 6.47 Å². The maximum atomic E-state index is 9.82. The smallest absolute Gasteiger partial charge is 0.417 e. The molecule has 0 aromatic carbocycles. The van der Waals surface area contributed by atoms with Crippen molar-refractivity contribution in [1.29, 1.82) is 0 Å². The summed E-state index contributed by atoms with van der Waals surface area (Å²) in [6.07, 6.45) is 4.58. The van der Waals surface area contributed by atoms with E-state index in [1.54, 1.807) is 0 Å². The summed E-state index contributed by atoms with van der Waals surface area (Å²) in [6.45, 7) is 7.82. The molecule has 0 rings (SSSR count). The van der Waals surface area contributed by atoms with Gasteiger partial charge in [-0.05, 0) is 25.7 Å². The molecule has 0 aromatic rings. The van der Waals surface area contributed by atoms with E-state index in [2.05, 4.69) is 18.6 Å². The van der Waals surface area contributed by atoms with Crippen LogP contribution in [0.3, 0.4) is 0 Å². The van der Waals surface area contributed by atoms with E-state index in [1.807, 2.05) is 6.92 Å². The van der Waals surface area contributed by atoms with Gasteiger partial charge in [-0.3, -0.25) is 0 Å². The van der Waals surface area contributed by atoms with Gasteiger partial charge in [0.2, 0.25) is 0 Å². The molecular weight excluding hydrogens is 152 g/mol. The maximum absolute atomic E-state index is 9.82. The second-order valence-electron chi connectivity index (χ2n) is 3.46. The summed E-state index contributed by atoms with van der Waals surface area (Å²) in [5.41, 5.74) is 0. The van der Waals surface area contributed by atoms with E-state index in [1.165, 1.54) is 19.3 Å². The van der Waals surface area contributed by atoms with Crippen LogP contribution in [-0.4, -0.2) is 12.6 Å². The van der Waals surface area contributed by atoms with E-state index in [0.717, 1.165) is 18.8 Å². The van der Waals surface area contributed by atoms with Gasteiger partial charge in [0.05, 0.1) is 6.10 Å². The van der Waals surface area contributed by atoms with Crippen LogP contribution >= 0.6 is 0 Å². The second kappa shape index (κ2) is 7.14. The third-order valence-corrected chi connectivity index (χ3v) is 2.25. The van der Waals surface area contributed by atoms with E-state index in [0.29, 0.717) is 0 Å². The van der Waals surface area contributed by atoms with Gasteiger partial charge >= 0.3 is 6.47 Å². The van der Waals surface area contributed by atoms with Crippen LogP contribution in [0.4, 0.5) is 0 Å². The molecule has 2 atom stereocenters. The molecule has 0 amide bonds. The number of carbonyl (C=O) groups excluding carboxylic acids is 1. The van der Waals surface area contributed by atoms with Crippen LogP contribution in [0.1, 0.15) is 46.5 Å². The molecule has 0 heterocycles. The van der Waals surface area contributed by atoms with Crippen molar-refractivity contribution in [3.05, 3.63) is 0 Å². The standard InChI is InChI=1S/C10H19O2/c1-4-9(2)6-5-7-10(3)12-8-11/h9-10H,4-7H2,1-3H3. The molecule has 0 fully saturated rings. The molecule has 0 aliphatic heterocycles. The Balaban J connectivity index is 3.23. The predicted molar refractivity (Wildman–Crippen MR) is 49.5 cm³/mol. The van der Waals surface area contributed by atoms with Gasteiger partial charge in [-0.25, -0.2) is 4.79 Å². The zero-order valence-corrected chi connectivity index (χ0v) is 8.30. The van der Waals surface area contributed by atoms with Crippen molar-refractivity contribution in [2.45, 2.75) is 52.6 Å². The Kier molecular flexibility index (Phi) is 6.82. The highest BCUT2D eigenvalue weighted by atomic mass is 16.5. The van der Waals surface area contributed by atoms with Gasteiger partial charge in [-0.1, -0.05) is 26.7 Å². The topological polar surface area (TPSA) is 26.3 Å². The fourth-order valence-corrected chi connectivity index (χ4v) is 1.10. The van der Waals surface area contributed by atoms with Gasteiger partial charge in [-0.15, -0.1) is 0 Å². The minimum Gasteiger partial charge on any atom is -0.454 e. The van der Waals surface area contributed by atoms with E-state index in [-0.39, 0.29) is 6.10 Å². The Morgan fingerprint density at radius 3 is 2.50 bits per heavy atom. The van der Waals surface area contributed by atoms with Crippen LogP contribution < -0.4 is 0 Å². The summed E-state index contributed by atoms with van der Waals surface area (Å²) in [5.74, 6) is 0.789. The summed E-state index contributed by atoms with van der Waals surface area (Å²) < 4.78 is 4.65. The number of hydrogen-bond acceptors (Lipinski definition) is 2. The van der Waals surface area contributed by atoms with E-state index in [4.69, 9.17) is 0 Å². The first-order valence-corrected chi connectivity index (χ1v) is 4.73. The Bertz CT molecular complexity index is 112. The van der Waals surface area contributed by atoms with Crippen molar-refractivity contribution in [3.8, 4) is 0 Å². The summed E-state index contributed by atoms with van der Waals surface area (Å²) in [5, 5.41) is 0. The van der Waals surface area contributed by atoms with Gasteiger partial charge in [-0.2, -0.15) is 0 Å². The zero-order chi connectivity index (χ0) is 9.40. The molecule has 71 valence electrons. The molecule has 0 aromatic heterocycles. The lowest BCUT2D eigenvalue weighted by atomic mass is 10.0. The van der Waals surface area contributed by atoms with Gasteiger partial charge in [0.1, 0.15) is 0 Å². The van der Waals surface area contributed by atoms with Crippen LogP contribution in [0.25, 0.3) is 0 Å². The Labute approximate surface area is 75.3 Å². The number of ether oxygens (including phenoxy) is 1. The van der Waals surface area contributed by atoms with E-state index in [9.17, 15) is 4.79 Å². The molecule has 0 saturated carbocycles. The first-order chi connectivity index (χ1) is 5.70. The van der Waals surface area contributed by atoms with Gasteiger partial charge in [0.15, 0.2) is 0 Å². The van der Waals surface area contributed by atoms with E-state index < -0.39 is 0 Å². The van der Waals surface area contributed by atoms with Gasteiger partial charge in [0, 0.05) is 0 Å². The van der Waals surface area contributed by atoms with Crippen LogP contribution in [0.15, 0.2) is 0 Å². The molecule has 0 aliphatic rings. The highest BCUT2D eigenvalue weighted by Gasteiger charge is 2.03. The van der Waals surface area contributed by atoms with Gasteiger partial charge < -0.3 is 4.74 Å². The summed E-state index contributed by atoms with van der Waals surface area (Å²) in [7, 11) is 0. The molecule has 0 saturated heterocycles. The van der Waals surface area contributed by atoms with Crippen molar-refractivity contribution in [2.24, 2.45) is 5.92 Å². The summed E-state index contributed by atoms with van der Waals surface area (Å²) in [6, 6.07) is 0. The van der Waals surface area contributed by atoms with Gasteiger partial charge in [0.25, 0.3) is 0 Å². The van der Waals surface area contributed by atoms with Crippen molar-refractivity contribution in [3.63, 3.8) is 0 Å². The number of rotatable bonds is 7. The molecule has 1 radical (unpaired) electrons. The quantitative estimate of drug-likeness (QED) is 0.588. The predicted octanol–water partition coefficient (Wildman–Crippen LogP) is 2.68. The van der Waals surface area contributed by atoms with Crippen LogP contribution in [-0.2, 0) is 9.53 Å². The molecule has 2 unspecified atom stereocenters. The van der Waals surface area contributed by atoms with Crippen molar-refractivity contribution in [1.82, 2.24) is 0 Å².